The number of hydrogen-bond donors (Lipinski definition) is 2. The molecular weight excluding hydrogens is 282 g/mol. The van der Waals surface area contributed by atoms with Crippen LogP contribution in [0.4, 0.5) is 0 Å². The van der Waals surface area contributed by atoms with Crippen molar-refractivity contribution in [2.75, 3.05) is 19.6 Å². The zero-order valence-corrected chi connectivity index (χ0v) is 14.8. The second-order valence-corrected chi connectivity index (χ2v) is 6.79. The molecule has 0 aromatic heterocycles. The van der Waals surface area contributed by atoms with Crippen molar-refractivity contribution in [2.45, 2.75) is 58.0 Å². The highest BCUT2D eigenvalue weighted by Crippen LogP contribution is 2.41. The minimum Gasteiger partial charge on any atom is -0.384 e. The second-order valence-electron chi connectivity index (χ2n) is 6.79. The summed E-state index contributed by atoms with van der Waals surface area (Å²) in [6.45, 7) is 7.49. The lowest BCUT2D eigenvalue weighted by atomic mass is 9.72. The Morgan fingerprint density at radius 1 is 1.04 bits per heavy atom. The highest BCUT2D eigenvalue weighted by atomic mass is 16.3. The van der Waals surface area contributed by atoms with Crippen LogP contribution in [-0.4, -0.2) is 24.7 Å². The predicted octanol–water partition coefficient (Wildman–Crippen LogP) is 2.77. The lowest BCUT2D eigenvalue weighted by Gasteiger charge is -2.38. The molecule has 2 heteroatoms. The minimum absolute atomic E-state index is 0.341. The molecule has 1 saturated carbocycles. The van der Waals surface area contributed by atoms with Gasteiger partial charge in [-0.25, -0.2) is 0 Å². The molecule has 0 radical (unpaired) electrons. The smallest absolute Gasteiger partial charge is 0.139 e. The Bertz CT molecular complexity index is 506. The maximum Gasteiger partial charge on any atom is 0.139 e. The van der Waals surface area contributed by atoms with Crippen molar-refractivity contribution in [2.24, 2.45) is 5.92 Å². The first kappa shape index (κ1) is 18.0. The van der Waals surface area contributed by atoms with Gasteiger partial charge in [0.2, 0.25) is 0 Å². The number of quaternary nitrogens is 1. The third kappa shape index (κ3) is 4.83. The summed E-state index contributed by atoms with van der Waals surface area (Å²) >= 11 is 0. The number of benzene rings is 1. The highest BCUT2D eigenvalue weighted by molar-refractivity contribution is 5.26. The van der Waals surface area contributed by atoms with Crippen LogP contribution < -0.4 is 4.90 Å². The van der Waals surface area contributed by atoms with E-state index in [0.717, 1.165) is 38.0 Å². The van der Waals surface area contributed by atoms with E-state index in [0.29, 0.717) is 12.3 Å². The van der Waals surface area contributed by atoms with Crippen molar-refractivity contribution in [3.05, 3.63) is 35.9 Å². The summed E-state index contributed by atoms with van der Waals surface area (Å²) in [5, 5.41) is 11.5. The van der Waals surface area contributed by atoms with Gasteiger partial charge < -0.3 is 10.0 Å². The molecule has 0 saturated heterocycles. The van der Waals surface area contributed by atoms with E-state index in [1.165, 1.54) is 24.2 Å². The maximum absolute atomic E-state index is 11.5. The van der Waals surface area contributed by atoms with E-state index in [1.54, 1.807) is 0 Å². The average Bonchev–Trinajstić information content (AvgIpc) is 2.63. The van der Waals surface area contributed by atoms with Crippen LogP contribution in [0.2, 0.25) is 0 Å². The monoisotopic (exact) mass is 314 g/mol. The summed E-state index contributed by atoms with van der Waals surface area (Å²) in [7, 11) is 0. The number of nitrogens with one attached hydrogen (secondary N) is 1. The first-order valence-corrected chi connectivity index (χ1v) is 9.27. The molecule has 1 unspecified atom stereocenters. The van der Waals surface area contributed by atoms with Crippen molar-refractivity contribution in [1.82, 2.24) is 0 Å². The Morgan fingerprint density at radius 2 is 1.70 bits per heavy atom. The molecular formula is C21H32NO+. The Balaban J connectivity index is 2.12. The lowest BCUT2D eigenvalue weighted by molar-refractivity contribution is -0.889. The van der Waals surface area contributed by atoms with E-state index in [2.05, 4.69) is 37.8 Å². The van der Waals surface area contributed by atoms with Crippen LogP contribution in [0.1, 0.15) is 57.9 Å². The van der Waals surface area contributed by atoms with Crippen molar-refractivity contribution in [3.63, 3.8) is 0 Å². The third-order valence-electron chi connectivity index (χ3n) is 5.38. The molecule has 2 nitrogen and oxygen atoms in total. The Hall–Kier alpha value is -1.30. The van der Waals surface area contributed by atoms with E-state index < -0.39 is 5.60 Å². The second kappa shape index (κ2) is 9.11. The largest absolute Gasteiger partial charge is 0.384 e. The molecule has 2 rings (SSSR count). The van der Waals surface area contributed by atoms with Crippen molar-refractivity contribution < 1.29 is 10.0 Å². The summed E-state index contributed by atoms with van der Waals surface area (Å²) in [4.78, 5) is 1.50. The molecule has 1 aromatic rings. The van der Waals surface area contributed by atoms with Crippen LogP contribution in [0.3, 0.4) is 0 Å². The maximum atomic E-state index is 11.5. The van der Waals surface area contributed by atoms with Crippen LogP contribution in [0.5, 0.6) is 0 Å². The predicted molar refractivity (Wildman–Crippen MR) is 96.2 cm³/mol. The summed E-state index contributed by atoms with van der Waals surface area (Å²) in [5.74, 6) is 6.95. The number of hydrogen-bond acceptors (Lipinski definition) is 1. The highest BCUT2D eigenvalue weighted by Gasteiger charge is 2.38. The first-order valence-electron chi connectivity index (χ1n) is 9.27. The molecule has 0 bridgehead atoms. The molecule has 1 aliphatic rings. The van der Waals surface area contributed by atoms with Gasteiger partial charge in [-0.15, -0.1) is 0 Å². The van der Waals surface area contributed by atoms with Crippen LogP contribution in [0, 0.1) is 17.8 Å². The fraction of sp³-hybridized carbons (Fsp3) is 0.619. The van der Waals surface area contributed by atoms with Gasteiger partial charge >= 0.3 is 0 Å². The van der Waals surface area contributed by atoms with Gasteiger partial charge in [-0.05, 0) is 44.1 Å². The first-order chi connectivity index (χ1) is 11.2. The van der Waals surface area contributed by atoms with Gasteiger partial charge in [0.25, 0.3) is 0 Å². The summed E-state index contributed by atoms with van der Waals surface area (Å²) < 4.78 is 0. The van der Waals surface area contributed by atoms with Crippen molar-refractivity contribution >= 4 is 0 Å². The van der Waals surface area contributed by atoms with Crippen molar-refractivity contribution in [3.8, 4) is 11.8 Å². The van der Waals surface area contributed by atoms with Crippen LogP contribution in [0.25, 0.3) is 0 Å². The fourth-order valence-corrected chi connectivity index (χ4v) is 3.67. The van der Waals surface area contributed by atoms with E-state index in [-0.39, 0.29) is 0 Å². The minimum atomic E-state index is -0.784. The number of rotatable bonds is 6. The van der Waals surface area contributed by atoms with Gasteiger partial charge in [-0.3, -0.25) is 0 Å². The molecule has 23 heavy (non-hydrogen) atoms. The molecule has 1 atom stereocenters. The molecule has 0 spiro atoms. The topological polar surface area (TPSA) is 24.7 Å². The molecule has 2 N–H and O–H groups in total. The zero-order chi connectivity index (χ0) is 16.5. The van der Waals surface area contributed by atoms with Gasteiger partial charge in [0.1, 0.15) is 12.1 Å². The Labute approximate surface area is 141 Å². The number of aliphatic hydroxyl groups is 1. The van der Waals surface area contributed by atoms with Gasteiger partial charge in [0.05, 0.1) is 13.1 Å². The van der Waals surface area contributed by atoms with Crippen LogP contribution in [-0.2, 0) is 5.60 Å². The fourth-order valence-electron chi connectivity index (χ4n) is 3.67. The molecule has 0 aliphatic heterocycles. The van der Waals surface area contributed by atoms with E-state index >= 15 is 0 Å². The van der Waals surface area contributed by atoms with Gasteiger partial charge in [-0.2, -0.15) is 0 Å². The van der Waals surface area contributed by atoms with Crippen LogP contribution in [0.15, 0.2) is 30.3 Å². The SMILES string of the molecule is CC[NH+](CC)CC#CCC(O)(c1ccccc1)C1CCCCC1. The quantitative estimate of drug-likeness (QED) is 0.776. The summed E-state index contributed by atoms with van der Waals surface area (Å²) in [5.41, 5.74) is 0.254. The average molecular weight is 314 g/mol. The van der Waals surface area contributed by atoms with E-state index in [1.807, 2.05) is 18.2 Å². The molecule has 1 aromatic carbocycles. The van der Waals surface area contributed by atoms with E-state index in [9.17, 15) is 5.11 Å². The molecule has 1 aliphatic carbocycles. The van der Waals surface area contributed by atoms with Gasteiger partial charge in [0, 0.05) is 6.42 Å². The Kier molecular flexibility index (Phi) is 7.15. The zero-order valence-electron chi connectivity index (χ0n) is 14.8. The molecule has 0 heterocycles. The molecule has 126 valence electrons. The third-order valence-corrected chi connectivity index (χ3v) is 5.38. The van der Waals surface area contributed by atoms with Gasteiger partial charge in [-0.1, -0.05) is 55.5 Å². The normalized spacial score (nSPS) is 18.3. The van der Waals surface area contributed by atoms with Crippen LogP contribution >= 0.6 is 0 Å². The lowest BCUT2D eigenvalue weighted by Crippen LogP contribution is -3.11. The van der Waals surface area contributed by atoms with Gasteiger partial charge in [0.15, 0.2) is 0 Å². The standard InChI is InChI=1S/C21H31NO/c1-3-22(4-2)18-12-11-17-21(23,19-13-7-5-8-14-19)20-15-9-6-10-16-20/h5,7-8,13-14,20,23H,3-4,6,9-10,15-18H2,1-2H3/p+1. The molecule has 1 fully saturated rings. The summed E-state index contributed by atoms with van der Waals surface area (Å²) in [6.07, 6.45) is 6.57. The molecule has 0 amide bonds. The Morgan fingerprint density at radius 3 is 2.30 bits per heavy atom. The van der Waals surface area contributed by atoms with E-state index in [4.69, 9.17) is 0 Å². The summed E-state index contributed by atoms with van der Waals surface area (Å²) in [6, 6.07) is 10.2. The van der Waals surface area contributed by atoms with Crippen molar-refractivity contribution in [1.29, 1.82) is 0 Å².